The number of hydrogen-bond donors (Lipinski definition) is 2. The van der Waals surface area contributed by atoms with Crippen molar-refractivity contribution < 1.29 is 14.9 Å². The van der Waals surface area contributed by atoms with Gasteiger partial charge in [0.2, 0.25) is 0 Å². The van der Waals surface area contributed by atoms with Crippen molar-refractivity contribution in [2.45, 2.75) is 63.4 Å². The summed E-state index contributed by atoms with van der Waals surface area (Å²) in [5, 5.41) is 20.0. The van der Waals surface area contributed by atoms with Crippen LogP contribution in [-0.4, -0.2) is 46.0 Å². The minimum absolute atomic E-state index is 0.394. The van der Waals surface area contributed by atoms with E-state index in [2.05, 4.69) is 17.0 Å². The molecule has 122 valence electrons. The first-order chi connectivity index (χ1) is 10.5. The van der Waals surface area contributed by atoms with Gasteiger partial charge in [0.15, 0.2) is 0 Å². The van der Waals surface area contributed by atoms with Crippen LogP contribution in [0.1, 0.15) is 44.6 Å². The van der Waals surface area contributed by atoms with Gasteiger partial charge in [-0.1, -0.05) is 12.1 Å². The summed E-state index contributed by atoms with van der Waals surface area (Å²) in [5.74, 6) is 0.956. The van der Waals surface area contributed by atoms with Gasteiger partial charge in [-0.2, -0.15) is 0 Å². The monoisotopic (exact) mass is 305 g/mol. The van der Waals surface area contributed by atoms with E-state index in [0.717, 1.165) is 18.8 Å². The van der Waals surface area contributed by atoms with Gasteiger partial charge < -0.3 is 14.9 Å². The van der Waals surface area contributed by atoms with Gasteiger partial charge in [0.1, 0.15) is 5.75 Å². The molecule has 1 aromatic carbocycles. The molecule has 4 nitrogen and oxygen atoms in total. The summed E-state index contributed by atoms with van der Waals surface area (Å²) in [5.41, 5.74) is 0.266. The minimum Gasteiger partial charge on any atom is -0.490 e. The van der Waals surface area contributed by atoms with E-state index in [1.165, 1.54) is 31.2 Å². The first-order valence-corrected chi connectivity index (χ1v) is 8.41. The van der Waals surface area contributed by atoms with Crippen LogP contribution in [0.15, 0.2) is 24.3 Å². The van der Waals surface area contributed by atoms with E-state index in [1.807, 2.05) is 12.1 Å². The van der Waals surface area contributed by atoms with Crippen LogP contribution < -0.4 is 4.74 Å². The Balaban J connectivity index is 1.52. The summed E-state index contributed by atoms with van der Waals surface area (Å²) in [6.07, 6.45) is 5.24. The highest BCUT2D eigenvalue weighted by atomic mass is 16.5. The number of β-amino-alcohol motifs (C(OH)–C–C–N with tert-alkyl or cyclic N) is 1. The van der Waals surface area contributed by atoms with Crippen molar-refractivity contribution in [2.24, 2.45) is 0 Å². The van der Waals surface area contributed by atoms with E-state index >= 15 is 0 Å². The lowest BCUT2D eigenvalue weighted by atomic mass is 9.90. The molecule has 1 aromatic rings. The van der Waals surface area contributed by atoms with Gasteiger partial charge in [-0.3, -0.25) is 4.90 Å². The summed E-state index contributed by atoms with van der Waals surface area (Å²) in [7, 11) is 0. The third kappa shape index (κ3) is 3.80. The lowest BCUT2D eigenvalue weighted by Gasteiger charge is -2.39. The van der Waals surface area contributed by atoms with Crippen molar-refractivity contribution in [2.75, 3.05) is 13.1 Å². The van der Waals surface area contributed by atoms with E-state index in [0.29, 0.717) is 19.1 Å². The first kappa shape index (κ1) is 15.8. The zero-order valence-corrected chi connectivity index (χ0v) is 13.4. The lowest BCUT2D eigenvalue weighted by molar-refractivity contribution is -0.108. The predicted molar refractivity (Wildman–Crippen MR) is 85.9 cm³/mol. The van der Waals surface area contributed by atoms with Gasteiger partial charge in [0.25, 0.3) is 0 Å². The molecular formula is C18H27NO3. The van der Waals surface area contributed by atoms with Gasteiger partial charge in [0.05, 0.1) is 17.8 Å². The van der Waals surface area contributed by atoms with Crippen molar-refractivity contribution in [1.29, 1.82) is 0 Å². The average molecular weight is 305 g/mol. The predicted octanol–water partition coefficient (Wildman–Crippen LogP) is 2.33. The number of ether oxygens (including phenoxy) is 1. The molecule has 1 aliphatic carbocycles. The second-order valence-electron chi connectivity index (χ2n) is 7.03. The maximum absolute atomic E-state index is 10.0. The van der Waals surface area contributed by atoms with Crippen LogP contribution in [0.3, 0.4) is 0 Å². The molecular weight excluding hydrogens is 278 g/mol. The molecule has 0 bridgehead atoms. The molecule has 3 rings (SSSR count). The Kier molecular flexibility index (Phi) is 4.71. The zero-order chi connectivity index (χ0) is 15.6. The second kappa shape index (κ2) is 6.57. The van der Waals surface area contributed by atoms with E-state index < -0.39 is 11.7 Å². The number of hydrogen-bond acceptors (Lipinski definition) is 4. The van der Waals surface area contributed by atoms with E-state index in [9.17, 15) is 10.2 Å². The van der Waals surface area contributed by atoms with Crippen LogP contribution in [0.4, 0.5) is 0 Å². The highest BCUT2D eigenvalue weighted by Crippen LogP contribution is 2.26. The third-order valence-corrected chi connectivity index (χ3v) is 5.02. The molecule has 2 aliphatic rings. The van der Waals surface area contributed by atoms with Gasteiger partial charge in [-0.05, 0) is 56.7 Å². The minimum atomic E-state index is -0.949. The van der Waals surface area contributed by atoms with E-state index in [4.69, 9.17) is 4.74 Å². The normalized spacial score (nSPS) is 30.6. The molecule has 22 heavy (non-hydrogen) atoms. The molecule has 0 amide bonds. The lowest BCUT2D eigenvalue weighted by Crippen LogP contribution is -2.53. The second-order valence-corrected chi connectivity index (χ2v) is 7.03. The van der Waals surface area contributed by atoms with Crippen molar-refractivity contribution in [1.82, 2.24) is 4.90 Å². The summed E-state index contributed by atoms with van der Waals surface area (Å²) in [4.78, 5) is 2.19. The fourth-order valence-electron chi connectivity index (χ4n) is 3.36. The molecule has 1 aliphatic heterocycles. The molecule has 2 atom stereocenters. The Morgan fingerprint density at radius 2 is 1.91 bits per heavy atom. The van der Waals surface area contributed by atoms with Crippen LogP contribution in [0, 0.1) is 0 Å². The Morgan fingerprint density at radius 3 is 2.55 bits per heavy atom. The Morgan fingerprint density at radius 1 is 1.23 bits per heavy atom. The average Bonchev–Trinajstić information content (AvgIpc) is 2.98. The summed E-state index contributed by atoms with van der Waals surface area (Å²) in [6, 6.07) is 8.29. The molecule has 2 unspecified atom stereocenters. The van der Waals surface area contributed by atoms with Crippen molar-refractivity contribution in [3.63, 3.8) is 0 Å². The molecule has 0 aromatic heterocycles. The summed E-state index contributed by atoms with van der Waals surface area (Å²) < 4.78 is 5.98. The number of nitrogens with zero attached hydrogens (tertiary/aromatic N) is 1. The SMILES string of the molecule is CC1(O)CCN(Cc2ccc(OC3CCCC3)cc2)CC1O. The van der Waals surface area contributed by atoms with Crippen LogP contribution >= 0.6 is 0 Å². The number of likely N-dealkylation sites (tertiary alicyclic amines) is 1. The standard InChI is InChI=1S/C18H27NO3/c1-18(21)10-11-19(13-17(18)20)12-14-6-8-16(9-7-14)22-15-4-2-3-5-15/h6-9,15,17,20-21H,2-5,10-13H2,1H3. The quantitative estimate of drug-likeness (QED) is 0.896. The van der Waals surface area contributed by atoms with Crippen LogP contribution in [-0.2, 0) is 6.54 Å². The Labute approximate surface area is 132 Å². The zero-order valence-electron chi connectivity index (χ0n) is 13.4. The fourth-order valence-corrected chi connectivity index (χ4v) is 3.36. The number of rotatable bonds is 4. The molecule has 0 radical (unpaired) electrons. The maximum atomic E-state index is 10.0. The van der Waals surface area contributed by atoms with Crippen LogP contribution in [0.25, 0.3) is 0 Å². The topological polar surface area (TPSA) is 52.9 Å². The number of piperidine rings is 1. The molecule has 2 N–H and O–H groups in total. The van der Waals surface area contributed by atoms with E-state index in [-0.39, 0.29) is 0 Å². The van der Waals surface area contributed by atoms with Crippen LogP contribution in [0.2, 0.25) is 0 Å². The molecule has 1 saturated heterocycles. The summed E-state index contributed by atoms with van der Waals surface area (Å²) in [6.45, 7) is 3.85. The van der Waals surface area contributed by atoms with Gasteiger partial charge in [-0.15, -0.1) is 0 Å². The first-order valence-electron chi connectivity index (χ1n) is 8.41. The molecule has 2 fully saturated rings. The highest BCUT2D eigenvalue weighted by Gasteiger charge is 2.36. The summed E-state index contributed by atoms with van der Waals surface area (Å²) >= 11 is 0. The Hall–Kier alpha value is -1.10. The third-order valence-electron chi connectivity index (χ3n) is 5.02. The molecule has 1 saturated carbocycles. The molecule has 4 heteroatoms. The van der Waals surface area contributed by atoms with Crippen LogP contribution in [0.5, 0.6) is 5.75 Å². The fraction of sp³-hybridized carbons (Fsp3) is 0.667. The number of benzene rings is 1. The number of aliphatic hydroxyl groups excluding tert-OH is 1. The van der Waals surface area contributed by atoms with Gasteiger partial charge in [0, 0.05) is 19.6 Å². The van der Waals surface area contributed by atoms with E-state index in [1.54, 1.807) is 6.92 Å². The molecule has 0 spiro atoms. The number of aliphatic hydroxyl groups is 2. The Bertz CT molecular complexity index is 480. The van der Waals surface area contributed by atoms with Crippen molar-refractivity contribution in [3.8, 4) is 5.75 Å². The smallest absolute Gasteiger partial charge is 0.119 e. The molecule has 1 heterocycles. The highest BCUT2D eigenvalue weighted by molar-refractivity contribution is 5.27. The largest absolute Gasteiger partial charge is 0.490 e. The van der Waals surface area contributed by atoms with Gasteiger partial charge in [-0.25, -0.2) is 0 Å². The maximum Gasteiger partial charge on any atom is 0.119 e. The van der Waals surface area contributed by atoms with Gasteiger partial charge >= 0.3 is 0 Å². The van der Waals surface area contributed by atoms with Crippen molar-refractivity contribution in [3.05, 3.63) is 29.8 Å². The van der Waals surface area contributed by atoms with Crippen molar-refractivity contribution >= 4 is 0 Å².